The molecule has 2 aliphatic heterocycles. The second-order valence-corrected chi connectivity index (χ2v) is 13.7. The first-order chi connectivity index (χ1) is 21.0. The maximum absolute atomic E-state index is 13.1. The molecule has 0 saturated carbocycles. The van der Waals surface area contributed by atoms with Crippen LogP contribution in [0.4, 0.5) is 18.9 Å². The predicted octanol–water partition coefficient (Wildman–Crippen LogP) is 5.51. The van der Waals surface area contributed by atoms with Gasteiger partial charge in [0.05, 0.1) is 29.4 Å². The smallest absolute Gasteiger partial charge is 0.379 e. The van der Waals surface area contributed by atoms with Gasteiger partial charge in [0.15, 0.2) is 9.84 Å². The highest BCUT2D eigenvalue weighted by Gasteiger charge is 2.33. The molecule has 5 rings (SSSR count). The van der Waals surface area contributed by atoms with E-state index in [2.05, 4.69) is 15.1 Å². The van der Waals surface area contributed by atoms with Crippen molar-refractivity contribution in [3.63, 3.8) is 0 Å². The highest BCUT2D eigenvalue weighted by atomic mass is 32.2. The minimum absolute atomic E-state index is 0.0280. The number of anilines is 1. The molecule has 2 saturated heterocycles. The van der Waals surface area contributed by atoms with Crippen molar-refractivity contribution in [2.24, 2.45) is 0 Å². The fourth-order valence-corrected chi connectivity index (χ4v) is 6.79. The van der Waals surface area contributed by atoms with Crippen molar-refractivity contribution in [2.75, 3.05) is 50.0 Å². The van der Waals surface area contributed by atoms with Crippen molar-refractivity contribution in [3.8, 4) is 0 Å². The highest BCUT2D eigenvalue weighted by molar-refractivity contribution is 7.91. The number of carbonyl (C=O) groups excluding carboxylic acids is 1. The molecular formula is C33H38F3N3O4S. The summed E-state index contributed by atoms with van der Waals surface area (Å²) in [5.74, 6) is -0.131. The van der Waals surface area contributed by atoms with Crippen molar-refractivity contribution >= 4 is 21.4 Å². The summed E-state index contributed by atoms with van der Waals surface area (Å²) in [7, 11) is -3.28. The number of amides is 1. The van der Waals surface area contributed by atoms with E-state index in [0.29, 0.717) is 25.3 Å². The summed E-state index contributed by atoms with van der Waals surface area (Å²) >= 11 is 0. The first-order valence-electron chi connectivity index (χ1n) is 15.0. The van der Waals surface area contributed by atoms with Gasteiger partial charge in [0.1, 0.15) is 0 Å². The molecule has 1 unspecified atom stereocenters. The summed E-state index contributed by atoms with van der Waals surface area (Å²) in [6, 6.07) is 19.7. The lowest BCUT2D eigenvalue weighted by Crippen LogP contribution is -2.51. The number of halogens is 3. The normalized spacial score (nSPS) is 20.0. The fourth-order valence-electron chi connectivity index (χ4n) is 5.90. The minimum Gasteiger partial charge on any atom is -0.379 e. The number of sulfone groups is 1. The molecule has 0 aliphatic carbocycles. The van der Waals surface area contributed by atoms with Gasteiger partial charge in [-0.1, -0.05) is 31.2 Å². The summed E-state index contributed by atoms with van der Waals surface area (Å²) < 4.78 is 69.0. The minimum atomic E-state index is -4.36. The van der Waals surface area contributed by atoms with Gasteiger partial charge < -0.3 is 15.0 Å². The molecule has 0 aromatic heterocycles. The Morgan fingerprint density at radius 1 is 0.932 bits per heavy atom. The number of piperidine rings is 1. The Morgan fingerprint density at radius 2 is 1.59 bits per heavy atom. The number of nitrogens with zero attached hydrogens (tertiary/aromatic N) is 2. The van der Waals surface area contributed by atoms with E-state index in [1.165, 1.54) is 0 Å². The Morgan fingerprint density at radius 3 is 2.20 bits per heavy atom. The Hall–Kier alpha value is -3.41. The third-order valence-corrected chi connectivity index (χ3v) is 10.3. The van der Waals surface area contributed by atoms with Crippen LogP contribution in [0, 0.1) is 0 Å². The Labute approximate surface area is 256 Å². The van der Waals surface area contributed by atoms with E-state index in [4.69, 9.17) is 4.74 Å². The molecular weight excluding hydrogens is 591 g/mol. The van der Waals surface area contributed by atoms with E-state index >= 15 is 0 Å². The number of benzene rings is 3. The van der Waals surface area contributed by atoms with Crippen molar-refractivity contribution in [1.82, 2.24) is 10.2 Å². The lowest BCUT2D eigenvalue weighted by atomic mass is 9.86. The van der Waals surface area contributed by atoms with Gasteiger partial charge >= 0.3 is 6.18 Å². The summed E-state index contributed by atoms with van der Waals surface area (Å²) in [5.41, 5.74) is 2.50. The number of ether oxygens (including phenoxy) is 1. The standard InChI is InChI=1S/C33H38F3N3O4S/c1-2-44(41,42)31-15-3-24(4-16-31)21-37-32(40)26-7-12-29(13-8-26)39-22-27(25-5-10-28(11-6-25)33(34,35)36)9-14-30(39)23-38-17-19-43-20-18-38/h3-8,10-13,15-16,27,30H,2,9,14,17-23H2,1H3,(H,37,40)/t27?,30-/m0/s1. The zero-order valence-electron chi connectivity index (χ0n) is 24.7. The molecule has 0 spiro atoms. The molecule has 3 aromatic carbocycles. The molecule has 0 radical (unpaired) electrons. The van der Waals surface area contributed by atoms with Crippen LogP contribution in [0.15, 0.2) is 77.7 Å². The van der Waals surface area contributed by atoms with Crippen LogP contribution in [0.25, 0.3) is 0 Å². The highest BCUT2D eigenvalue weighted by Crippen LogP contribution is 2.36. The largest absolute Gasteiger partial charge is 0.416 e. The molecule has 7 nitrogen and oxygen atoms in total. The Bertz CT molecular complexity index is 1510. The number of carbonyl (C=O) groups is 1. The second-order valence-electron chi connectivity index (χ2n) is 11.4. The van der Waals surface area contributed by atoms with Gasteiger partial charge in [-0.25, -0.2) is 8.42 Å². The van der Waals surface area contributed by atoms with Gasteiger partial charge in [-0.05, 0) is 72.5 Å². The third kappa shape index (κ3) is 7.80. The van der Waals surface area contributed by atoms with Crippen LogP contribution in [0.3, 0.4) is 0 Å². The lowest BCUT2D eigenvalue weighted by Gasteiger charge is -2.44. The molecule has 44 heavy (non-hydrogen) atoms. The average molecular weight is 630 g/mol. The molecule has 236 valence electrons. The molecule has 1 amide bonds. The van der Waals surface area contributed by atoms with E-state index in [9.17, 15) is 26.4 Å². The third-order valence-electron chi connectivity index (χ3n) is 8.56. The van der Waals surface area contributed by atoms with Gasteiger partial charge in [-0.15, -0.1) is 0 Å². The van der Waals surface area contributed by atoms with E-state index in [1.54, 1.807) is 55.5 Å². The Balaban J connectivity index is 1.27. The van der Waals surface area contributed by atoms with Crippen LogP contribution in [-0.4, -0.2) is 70.4 Å². The predicted molar refractivity (Wildman–Crippen MR) is 164 cm³/mol. The summed E-state index contributed by atoms with van der Waals surface area (Å²) in [6.45, 7) is 6.52. The van der Waals surface area contributed by atoms with Gasteiger partial charge in [-0.2, -0.15) is 13.2 Å². The molecule has 2 fully saturated rings. The van der Waals surface area contributed by atoms with Gasteiger partial charge in [0, 0.05) is 55.9 Å². The van der Waals surface area contributed by atoms with Gasteiger partial charge in [0.25, 0.3) is 5.91 Å². The number of alkyl halides is 3. The number of hydrogen-bond acceptors (Lipinski definition) is 6. The van der Waals surface area contributed by atoms with Crippen LogP contribution in [0.5, 0.6) is 0 Å². The monoisotopic (exact) mass is 629 g/mol. The summed E-state index contributed by atoms with van der Waals surface area (Å²) in [5, 5.41) is 2.89. The number of hydrogen-bond donors (Lipinski definition) is 1. The molecule has 2 heterocycles. The number of nitrogens with one attached hydrogen (secondary N) is 1. The van der Waals surface area contributed by atoms with E-state index in [1.807, 2.05) is 12.1 Å². The van der Waals surface area contributed by atoms with Crippen molar-refractivity contribution in [2.45, 2.75) is 49.3 Å². The van der Waals surface area contributed by atoms with Crippen molar-refractivity contribution in [1.29, 1.82) is 0 Å². The van der Waals surface area contributed by atoms with E-state index in [-0.39, 0.29) is 35.1 Å². The van der Waals surface area contributed by atoms with Crippen LogP contribution < -0.4 is 10.2 Å². The maximum atomic E-state index is 13.1. The molecule has 2 atom stereocenters. The van der Waals surface area contributed by atoms with Crippen molar-refractivity contribution in [3.05, 3.63) is 95.1 Å². The summed E-state index contributed by atoms with van der Waals surface area (Å²) in [4.78, 5) is 17.9. The molecule has 11 heteroatoms. The number of morpholine rings is 1. The fraction of sp³-hybridized carbons (Fsp3) is 0.424. The van der Waals surface area contributed by atoms with Gasteiger partial charge in [-0.3, -0.25) is 9.69 Å². The summed E-state index contributed by atoms with van der Waals surface area (Å²) in [6.07, 6.45) is -2.59. The van der Waals surface area contributed by atoms with Crippen LogP contribution in [0.2, 0.25) is 0 Å². The maximum Gasteiger partial charge on any atom is 0.416 e. The lowest BCUT2D eigenvalue weighted by molar-refractivity contribution is -0.137. The molecule has 1 N–H and O–H groups in total. The van der Waals surface area contributed by atoms with E-state index < -0.39 is 21.6 Å². The first kappa shape index (κ1) is 32.0. The van der Waals surface area contributed by atoms with Crippen LogP contribution in [-0.2, 0) is 27.3 Å². The van der Waals surface area contributed by atoms with Crippen LogP contribution in [0.1, 0.15) is 52.7 Å². The Kier molecular flexibility index (Phi) is 9.97. The zero-order chi connectivity index (χ0) is 31.3. The molecule has 3 aromatic rings. The number of rotatable bonds is 9. The average Bonchev–Trinajstić information content (AvgIpc) is 3.04. The van der Waals surface area contributed by atoms with E-state index in [0.717, 1.165) is 61.4 Å². The van der Waals surface area contributed by atoms with Gasteiger partial charge in [0.2, 0.25) is 0 Å². The zero-order valence-corrected chi connectivity index (χ0v) is 25.5. The van der Waals surface area contributed by atoms with Crippen molar-refractivity contribution < 1.29 is 31.1 Å². The van der Waals surface area contributed by atoms with Crippen LogP contribution >= 0.6 is 0 Å². The SMILES string of the molecule is CCS(=O)(=O)c1ccc(CNC(=O)c2ccc(N3CC(c4ccc(C(F)(F)F)cc4)CC[C@H]3CN3CCOCC3)cc2)cc1. The quantitative estimate of drug-likeness (QED) is 0.336. The molecule has 0 bridgehead atoms. The topological polar surface area (TPSA) is 79.0 Å². The first-order valence-corrected chi connectivity index (χ1v) is 16.6. The molecule has 2 aliphatic rings. The second kappa shape index (κ2) is 13.7.